The molecular formula is C13H6ClF16N3OS. The van der Waals surface area contributed by atoms with Gasteiger partial charge in [0.1, 0.15) is 5.01 Å². The van der Waals surface area contributed by atoms with E-state index in [1.54, 1.807) is 0 Å². The van der Waals surface area contributed by atoms with E-state index in [-0.39, 0.29) is 22.8 Å². The van der Waals surface area contributed by atoms with Crippen LogP contribution in [0.2, 0.25) is 0 Å². The van der Waals surface area contributed by atoms with Crippen LogP contribution in [-0.2, 0) is 11.2 Å². The molecule has 1 N–H and O–H groups in total. The third-order valence-corrected chi connectivity index (χ3v) is 5.22. The fourth-order valence-corrected chi connectivity index (χ4v) is 2.72. The average Bonchev–Trinajstić information content (AvgIpc) is 3.13. The molecule has 4 nitrogen and oxygen atoms in total. The summed E-state index contributed by atoms with van der Waals surface area (Å²) in [6.07, 6.45) is -0.0142. The number of carbonyl (C=O) groups excluding carboxylic acids is 1. The molecule has 1 rings (SSSR count). The van der Waals surface area contributed by atoms with Gasteiger partial charge in [-0.15, -0.1) is 10.2 Å². The number of nitrogens with one attached hydrogen (secondary N) is 1. The van der Waals surface area contributed by atoms with Crippen LogP contribution in [0.3, 0.4) is 0 Å². The minimum absolute atomic E-state index is 0.0142. The number of rotatable bonds is 10. The molecule has 0 aliphatic carbocycles. The van der Waals surface area contributed by atoms with Crippen LogP contribution in [-0.4, -0.2) is 62.9 Å². The quantitative estimate of drug-likeness (QED) is 0.256. The fraction of sp³-hybridized carbons (Fsp3) is 0.769. The number of hydrogen-bond acceptors (Lipinski definition) is 4. The molecular weight excluding hydrogens is 586 g/mol. The topological polar surface area (TPSA) is 54.9 Å². The lowest BCUT2D eigenvalue weighted by molar-refractivity contribution is -0.445. The first-order valence-electron chi connectivity index (χ1n) is 8.03. The molecule has 1 aromatic heterocycles. The van der Waals surface area contributed by atoms with Crippen molar-refractivity contribution >= 4 is 34.0 Å². The first-order chi connectivity index (χ1) is 15.2. The summed E-state index contributed by atoms with van der Waals surface area (Å²) in [5, 5.41) is -1.34. The molecule has 0 aromatic carbocycles. The molecule has 0 saturated carbocycles. The molecule has 0 bridgehead atoms. The van der Waals surface area contributed by atoms with E-state index in [0.717, 1.165) is 0 Å². The van der Waals surface area contributed by atoms with Gasteiger partial charge >= 0.3 is 52.7 Å². The molecule has 0 atom stereocenters. The highest BCUT2D eigenvalue weighted by atomic mass is 35.5. The molecule has 204 valence electrons. The van der Waals surface area contributed by atoms with Gasteiger partial charge in [-0.2, -0.15) is 70.2 Å². The highest BCUT2D eigenvalue weighted by molar-refractivity contribution is 7.15. The van der Waals surface area contributed by atoms with Gasteiger partial charge in [0.25, 0.3) is 0 Å². The molecule has 1 heterocycles. The van der Waals surface area contributed by atoms with Gasteiger partial charge in [0, 0.05) is 0 Å². The van der Waals surface area contributed by atoms with Crippen LogP contribution in [0.1, 0.15) is 11.9 Å². The van der Waals surface area contributed by atoms with Crippen molar-refractivity contribution in [3.63, 3.8) is 0 Å². The Morgan fingerprint density at radius 3 is 1.43 bits per heavy atom. The first-order valence-corrected chi connectivity index (χ1v) is 9.23. The highest BCUT2D eigenvalue weighted by Gasteiger charge is 2.95. The SMILES string of the molecule is CCc1nnc(NC(=O)C(F)(F)C(F)(F)C(F)(F)C(F)(F)C(F)(F)C(F)(F)C(F)(F)C(F)(F)Cl)s1. The summed E-state index contributed by atoms with van der Waals surface area (Å²) in [5.41, 5.74) is 0. The second kappa shape index (κ2) is 8.65. The smallest absolute Gasteiger partial charge is 0.295 e. The molecule has 35 heavy (non-hydrogen) atoms. The summed E-state index contributed by atoms with van der Waals surface area (Å²) in [6, 6.07) is 0. The monoisotopic (exact) mass is 591 g/mol. The summed E-state index contributed by atoms with van der Waals surface area (Å²) in [5.74, 6) is -60.7. The third-order valence-electron chi connectivity index (χ3n) is 4.00. The van der Waals surface area contributed by atoms with Crippen molar-refractivity contribution in [1.29, 1.82) is 0 Å². The van der Waals surface area contributed by atoms with Crippen molar-refractivity contribution < 1.29 is 75.0 Å². The maximum atomic E-state index is 13.8. The summed E-state index contributed by atoms with van der Waals surface area (Å²) in [7, 11) is 0. The van der Waals surface area contributed by atoms with Crippen LogP contribution in [0, 0.1) is 0 Å². The van der Waals surface area contributed by atoms with Crippen LogP contribution >= 0.6 is 22.9 Å². The van der Waals surface area contributed by atoms with Crippen LogP contribution < -0.4 is 5.32 Å². The number of anilines is 1. The van der Waals surface area contributed by atoms with Gasteiger partial charge in [0.15, 0.2) is 0 Å². The standard InChI is InChI=1S/C13H6ClF16N3OS/c1-2-3-32-33-5(35-3)31-4(34)6(15,16)7(17,18)8(19,20)9(21,22)10(23,24)11(25,26)12(27,28)13(14,29)30/h2H2,1H3,(H,31,33,34). The second-order valence-corrected chi connectivity index (χ2v) is 7.86. The van der Waals surface area contributed by atoms with Gasteiger partial charge < -0.3 is 0 Å². The van der Waals surface area contributed by atoms with Crippen LogP contribution in [0.4, 0.5) is 75.4 Å². The summed E-state index contributed by atoms with van der Waals surface area (Å²) in [4.78, 5) is 11.3. The highest BCUT2D eigenvalue weighted by Crippen LogP contribution is 2.64. The van der Waals surface area contributed by atoms with E-state index in [1.165, 1.54) is 6.92 Å². The molecule has 1 amide bonds. The van der Waals surface area contributed by atoms with Crippen molar-refractivity contribution in [1.82, 2.24) is 10.2 Å². The third kappa shape index (κ3) is 4.35. The van der Waals surface area contributed by atoms with E-state index in [4.69, 9.17) is 0 Å². The number of aromatic nitrogens is 2. The second-order valence-electron chi connectivity index (χ2n) is 6.33. The van der Waals surface area contributed by atoms with E-state index < -0.39 is 57.9 Å². The van der Waals surface area contributed by atoms with Gasteiger partial charge in [-0.25, -0.2) is 0 Å². The van der Waals surface area contributed by atoms with E-state index in [9.17, 15) is 75.0 Å². The Morgan fingerprint density at radius 2 is 1.09 bits per heavy atom. The predicted molar refractivity (Wildman–Crippen MR) is 83.3 cm³/mol. The van der Waals surface area contributed by atoms with Gasteiger partial charge in [0.2, 0.25) is 5.13 Å². The Balaban J connectivity index is 3.54. The fourth-order valence-electron chi connectivity index (χ4n) is 1.93. The molecule has 0 aliphatic heterocycles. The maximum Gasteiger partial charge on any atom is 0.393 e. The minimum atomic E-state index is -8.64. The molecule has 0 spiro atoms. The number of aryl methyl sites for hydroxylation is 1. The first kappa shape index (κ1) is 31.2. The zero-order chi connectivity index (χ0) is 28.3. The maximum absolute atomic E-state index is 13.8. The summed E-state index contributed by atoms with van der Waals surface area (Å²) in [6.45, 7) is 1.36. The molecule has 0 fully saturated rings. The molecule has 0 unspecified atom stereocenters. The summed E-state index contributed by atoms with van der Waals surface area (Å²) < 4.78 is 214. The lowest BCUT2D eigenvalue weighted by Crippen LogP contribution is -2.75. The number of alkyl halides is 17. The van der Waals surface area contributed by atoms with Crippen molar-refractivity contribution in [2.75, 3.05) is 5.32 Å². The van der Waals surface area contributed by atoms with Crippen LogP contribution in [0.15, 0.2) is 0 Å². The minimum Gasteiger partial charge on any atom is -0.295 e. The lowest BCUT2D eigenvalue weighted by Gasteiger charge is -2.42. The molecule has 0 radical (unpaired) electrons. The van der Waals surface area contributed by atoms with Gasteiger partial charge in [-0.05, 0) is 18.0 Å². The van der Waals surface area contributed by atoms with Crippen molar-refractivity contribution in [2.24, 2.45) is 0 Å². The van der Waals surface area contributed by atoms with Crippen molar-refractivity contribution in [2.45, 2.75) is 60.2 Å². The zero-order valence-electron chi connectivity index (χ0n) is 15.8. The van der Waals surface area contributed by atoms with Crippen molar-refractivity contribution in [3.05, 3.63) is 5.01 Å². The Hall–Kier alpha value is -1.80. The van der Waals surface area contributed by atoms with E-state index >= 15 is 0 Å². The van der Waals surface area contributed by atoms with E-state index in [2.05, 4.69) is 21.8 Å². The van der Waals surface area contributed by atoms with Gasteiger partial charge in [0.05, 0.1) is 0 Å². The number of amides is 1. The zero-order valence-corrected chi connectivity index (χ0v) is 17.4. The van der Waals surface area contributed by atoms with Crippen LogP contribution in [0.25, 0.3) is 0 Å². The number of nitrogens with zero attached hydrogens (tertiary/aromatic N) is 2. The van der Waals surface area contributed by atoms with Gasteiger partial charge in [-0.3, -0.25) is 10.1 Å². The average molecular weight is 592 g/mol. The van der Waals surface area contributed by atoms with Crippen LogP contribution in [0.5, 0.6) is 0 Å². The van der Waals surface area contributed by atoms with E-state index in [0.29, 0.717) is 5.32 Å². The molecule has 1 aromatic rings. The normalized spacial score (nSPS) is 15.4. The number of hydrogen-bond donors (Lipinski definition) is 1. The molecule has 0 saturated heterocycles. The van der Waals surface area contributed by atoms with E-state index in [1.807, 2.05) is 0 Å². The number of carbonyl (C=O) groups is 1. The Bertz CT molecular complexity index is 943. The lowest BCUT2D eigenvalue weighted by atomic mass is 9.89. The molecule has 0 aliphatic rings. The Morgan fingerprint density at radius 1 is 0.714 bits per heavy atom. The van der Waals surface area contributed by atoms with Gasteiger partial charge in [-0.1, -0.05) is 18.3 Å². The predicted octanol–water partition coefficient (Wildman–Crippen LogP) is 6.32. The molecule has 22 heteroatoms. The Kier molecular flexibility index (Phi) is 7.72. The number of halogens is 17. The summed E-state index contributed by atoms with van der Waals surface area (Å²) >= 11 is 3.57. The Labute approximate surface area is 190 Å². The largest absolute Gasteiger partial charge is 0.393 e. The van der Waals surface area contributed by atoms with Crippen molar-refractivity contribution in [3.8, 4) is 0 Å².